The lowest BCUT2D eigenvalue weighted by Crippen LogP contribution is -2.40. The first-order valence-corrected chi connectivity index (χ1v) is 10.3. The number of halogens is 1. The Morgan fingerprint density at radius 2 is 1.96 bits per heavy atom. The Morgan fingerprint density at radius 3 is 2.65 bits per heavy atom. The van der Waals surface area contributed by atoms with Crippen molar-refractivity contribution in [2.75, 3.05) is 6.54 Å². The summed E-state index contributed by atoms with van der Waals surface area (Å²) in [4.78, 5) is 3.53. The van der Waals surface area contributed by atoms with Crippen molar-refractivity contribution in [1.29, 1.82) is 0 Å². The Balaban J connectivity index is 1.55. The maximum Gasteiger partial charge on any atom is 0.156 e. The summed E-state index contributed by atoms with van der Waals surface area (Å²) in [5, 5.41) is 12.8. The van der Waals surface area contributed by atoms with Crippen LogP contribution in [-0.2, 0) is 6.42 Å². The summed E-state index contributed by atoms with van der Waals surface area (Å²) in [5.41, 5.74) is 0.925. The Hall–Kier alpha value is -1.53. The Bertz CT molecular complexity index is 709. The standard InChI is InChI=1S/C19H26ClN5S/c1-2-24(16-7-4-3-5-8-16)19(26)10-6-9-18-21-22-23-25(18)17-13-11-15(20)12-14-17/h11-14,16H,2-10H2,1H3. The number of aromatic nitrogens is 4. The van der Waals surface area contributed by atoms with E-state index >= 15 is 0 Å². The van der Waals surface area contributed by atoms with Crippen molar-refractivity contribution in [1.82, 2.24) is 25.1 Å². The van der Waals surface area contributed by atoms with Gasteiger partial charge in [0.15, 0.2) is 5.82 Å². The molecule has 2 aromatic rings. The average molecular weight is 392 g/mol. The van der Waals surface area contributed by atoms with Crippen molar-refractivity contribution in [2.45, 2.75) is 64.3 Å². The minimum atomic E-state index is 0.639. The molecule has 1 aromatic heterocycles. The van der Waals surface area contributed by atoms with Gasteiger partial charge in [-0.1, -0.05) is 43.1 Å². The highest BCUT2D eigenvalue weighted by molar-refractivity contribution is 7.80. The highest BCUT2D eigenvalue weighted by Crippen LogP contribution is 2.24. The predicted octanol–water partition coefficient (Wildman–Crippen LogP) is 4.62. The van der Waals surface area contributed by atoms with Gasteiger partial charge in [-0.25, -0.2) is 0 Å². The molecule has 1 aromatic carbocycles. The monoisotopic (exact) mass is 391 g/mol. The smallest absolute Gasteiger partial charge is 0.156 e. The van der Waals surface area contributed by atoms with E-state index in [1.165, 1.54) is 32.1 Å². The van der Waals surface area contributed by atoms with Gasteiger partial charge in [0.25, 0.3) is 0 Å². The fraction of sp³-hybridized carbons (Fsp3) is 0.579. The number of thiocarbonyl (C=S) groups is 1. The van der Waals surface area contributed by atoms with E-state index in [1.807, 2.05) is 24.3 Å². The first-order chi connectivity index (χ1) is 12.7. The van der Waals surface area contributed by atoms with E-state index in [9.17, 15) is 0 Å². The summed E-state index contributed by atoms with van der Waals surface area (Å²) >= 11 is 11.7. The zero-order chi connectivity index (χ0) is 18.4. The number of aryl methyl sites for hydroxylation is 1. The van der Waals surface area contributed by atoms with Crippen molar-refractivity contribution >= 4 is 28.8 Å². The third-order valence-electron chi connectivity index (χ3n) is 5.07. The minimum Gasteiger partial charge on any atom is -0.363 e. The summed E-state index contributed by atoms with van der Waals surface area (Å²) in [5.74, 6) is 0.857. The van der Waals surface area contributed by atoms with Crippen LogP contribution >= 0.6 is 23.8 Å². The summed E-state index contributed by atoms with van der Waals surface area (Å²) in [6.07, 6.45) is 9.26. The van der Waals surface area contributed by atoms with Crippen LogP contribution in [0.3, 0.4) is 0 Å². The Morgan fingerprint density at radius 1 is 1.23 bits per heavy atom. The molecule has 140 valence electrons. The van der Waals surface area contributed by atoms with Crippen LogP contribution in [0.5, 0.6) is 0 Å². The van der Waals surface area contributed by atoms with Crippen LogP contribution in [0.15, 0.2) is 24.3 Å². The van der Waals surface area contributed by atoms with E-state index in [1.54, 1.807) is 4.68 Å². The quantitative estimate of drug-likeness (QED) is 0.644. The van der Waals surface area contributed by atoms with Crippen LogP contribution in [-0.4, -0.2) is 42.7 Å². The summed E-state index contributed by atoms with van der Waals surface area (Å²) in [7, 11) is 0. The minimum absolute atomic E-state index is 0.639. The molecule has 0 spiro atoms. The van der Waals surface area contributed by atoms with E-state index in [0.717, 1.165) is 42.3 Å². The largest absolute Gasteiger partial charge is 0.363 e. The summed E-state index contributed by atoms with van der Waals surface area (Å²) in [6, 6.07) is 8.19. The van der Waals surface area contributed by atoms with Crippen molar-refractivity contribution < 1.29 is 0 Å². The number of hydrogen-bond donors (Lipinski definition) is 0. The Kier molecular flexibility index (Phi) is 6.97. The van der Waals surface area contributed by atoms with Gasteiger partial charge < -0.3 is 4.90 Å². The van der Waals surface area contributed by atoms with Gasteiger partial charge in [0.1, 0.15) is 0 Å². The van der Waals surface area contributed by atoms with Crippen LogP contribution < -0.4 is 0 Å². The molecule has 7 heteroatoms. The first-order valence-electron chi connectivity index (χ1n) is 9.51. The number of benzene rings is 1. The molecule has 0 unspecified atom stereocenters. The zero-order valence-electron chi connectivity index (χ0n) is 15.3. The topological polar surface area (TPSA) is 46.8 Å². The second-order valence-corrected chi connectivity index (χ2v) is 7.72. The molecule has 1 aliphatic rings. The lowest BCUT2D eigenvalue weighted by Gasteiger charge is -2.35. The van der Waals surface area contributed by atoms with Gasteiger partial charge in [0, 0.05) is 24.0 Å². The van der Waals surface area contributed by atoms with Crippen molar-refractivity contribution in [3.8, 4) is 5.69 Å². The molecule has 5 nitrogen and oxygen atoms in total. The maximum absolute atomic E-state index is 5.96. The normalized spacial score (nSPS) is 15.2. The SMILES string of the molecule is CCN(C(=S)CCCc1nnnn1-c1ccc(Cl)cc1)C1CCCCC1. The van der Waals surface area contributed by atoms with Crippen LogP contribution in [0.25, 0.3) is 5.69 Å². The lowest BCUT2D eigenvalue weighted by molar-refractivity contribution is 0.252. The molecule has 1 saturated carbocycles. The third-order valence-corrected chi connectivity index (χ3v) is 5.76. The maximum atomic E-state index is 5.96. The van der Waals surface area contributed by atoms with Crippen LogP contribution in [0.1, 0.15) is 57.7 Å². The molecule has 1 fully saturated rings. The Labute approximate surface area is 165 Å². The van der Waals surface area contributed by atoms with E-state index in [4.69, 9.17) is 23.8 Å². The molecule has 1 aliphatic carbocycles. The predicted molar refractivity (Wildman–Crippen MR) is 109 cm³/mol. The molecule has 3 rings (SSSR count). The summed E-state index contributed by atoms with van der Waals surface area (Å²) < 4.78 is 1.78. The molecule has 0 saturated heterocycles. The highest BCUT2D eigenvalue weighted by atomic mass is 35.5. The van der Waals surface area contributed by atoms with E-state index in [-0.39, 0.29) is 0 Å². The van der Waals surface area contributed by atoms with Crippen LogP contribution in [0, 0.1) is 0 Å². The van der Waals surface area contributed by atoms with Gasteiger partial charge in [-0.15, -0.1) is 5.10 Å². The molecule has 0 aliphatic heterocycles. The molecule has 0 atom stereocenters. The first kappa shape index (κ1) is 19.2. The molecule has 0 bridgehead atoms. The van der Waals surface area contributed by atoms with Crippen molar-refractivity contribution in [2.24, 2.45) is 0 Å². The van der Waals surface area contributed by atoms with E-state index in [0.29, 0.717) is 11.1 Å². The van der Waals surface area contributed by atoms with Crippen molar-refractivity contribution in [3.05, 3.63) is 35.1 Å². The fourth-order valence-electron chi connectivity index (χ4n) is 3.72. The number of tetrazole rings is 1. The fourth-order valence-corrected chi connectivity index (χ4v) is 4.27. The van der Waals surface area contributed by atoms with Gasteiger partial charge in [0.05, 0.1) is 10.7 Å². The highest BCUT2D eigenvalue weighted by Gasteiger charge is 2.21. The summed E-state index contributed by atoms with van der Waals surface area (Å²) in [6.45, 7) is 3.22. The van der Waals surface area contributed by atoms with Crippen LogP contribution in [0.2, 0.25) is 5.02 Å². The van der Waals surface area contributed by atoms with Gasteiger partial charge in [-0.05, 0) is 67.3 Å². The molecular formula is C19H26ClN5S. The van der Waals surface area contributed by atoms with Gasteiger partial charge >= 0.3 is 0 Å². The van der Waals surface area contributed by atoms with E-state index in [2.05, 4.69) is 27.3 Å². The number of rotatable bonds is 7. The average Bonchev–Trinajstić information content (AvgIpc) is 3.12. The van der Waals surface area contributed by atoms with Gasteiger partial charge in [-0.2, -0.15) is 4.68 Å². The van der Waals surface area contributed by atoms with Gasteiger partial charge in [0.2, 0.25) is 0 Å². The molecule has 0 N–H and O–H groups in total. The number of nitrogens with zero attached hydrogens (tertiary/aromatic N) is 5. The molecule has 1 heterocycles. The zero-order valence-corrected chi connectivity index (χ0v) is 16.8. The van der Waals surface area contributed by atoms with Crippen molar-refractivity contribution in [3.63, 3.8) is 0 Å². The van der Waals surface area contributed by atoms with Gasteiger partial charge in [-0.3, -0.25) is 0 Å². The second kappa shape index (κ2) is 9.42. The molecule has 26 heavy (non-hydrogen) atoms. The molecule has 0 amide bonds. The van der Waals surface area contributed by atoms with E-state index < -0.39 is 0 Å². The molecular weight excluding hydrogens is 366 g/mol. The molecule has 0 radical (unpaired) electrons. The lowest BCUT2D eigenvalue weighted by atomic mass is 9.94. The number of hydrogen-bond acceptors (Lipinski definition) is 4. The van der Waals surface area contributed by atoms with Crippen LogP contribution in [0.4, 0.5) is 0 Å². The third kappa shape index (κ3) is 4.80. The second-order valence-electron chi connectivity index (χ2n) is 6.81.